The zero-order valence-electron chi connectivity index (χ0n) is 14.3. The molecule has 5 atom stereocenters. The maximum Gasteiger partial charge on any atom is -0.0144 e. The van der Waals surface area contributed by atoms with Crippen LogP contribution in [0.2, 0.25) is 0 Å². The Balaban J connectivity index is 1.85. The minimum Gasteiger partial charge on any atom is -0.0847 e. The summed E-state index contributed by atoms with van der Waals surface area (Å²) in [6.07, 6.45) is 12.9. The van der Waals surface area contributed by atoms with Crippen molar-refractivity contribution in [2.45, 2.75) is 79.6 Å². The van der Waals surface area contributed by atoms with Crippen LogP contribution in [0.5, 0.6) is 0 Å². The highest BCUT2D eigenvalue weighted by atomic mass is 14.7. The van der Waals surface area contributed by atoms with Crippen molar-refractivity contribution in [3.05, 3.63) is 11.6 Å². The Hall–Kier alpha value is -0.260. The van der Waals surface area contributed by atoms with E-state index in [0.29, 0.717) is 10.8 Å². The fourth-order valence-electron chi connectivity index (χ4n) is 6.36. The van der Waals surface area contributed by atoms with E-state index in [0.717, 1.165) is 23.7 Å². The molecule has 0 saturated heterocycles. The van der Waals surface area contributed by atoms with Gasteiger partial charge >= 0.3 is 0 Å². The summed E-state index contributed by atoms with van der Waals surface area (Å²) >= 11 is 0. The van der Waals surface area contributed by atoms with E-state index in [1.165, 1.54) is 44.9 Å². The van der Waals surface area contributed by atoms with Crippen LogP contribution >= 0.6 is 0 Å². The molecular weight excluding hydrogens is 240 g/mol. The number of rotatable bonds is 4. The van der Waals surface area contributed by atoms with Gasteiger partial charge in [0.15, 0.2) is 0 Å². The molecule has 2 bridgehead atoms. The average molecular weight is 274 g/mol. The molecule has 0 aromatic rings. The van der Waals surface area contributed by atoms with E-state index in [1.54, 1.807) is 5.57 Å². The predicted octanol–water partition coefficient (Wildman–Crippen LogP) is 6.22. The number of hydrogen-bond acceptors (Lipinski definition) is 0. The number of fused-ring (bicyclic) bond motifs is 1. The highest BCUT2D eigenvalue weighted by molar-refractivity contribution is 5.26. The summed E-state index contributed by atoms with van der Waals surface area (Å²) in [4.78, 5) is 0. The van der Waals surface area contributed by atoms with E-state index < -0.39 is 0 Å². The molecule has 0 aromatic heterocycles. The second-order valence-electron chi connectivity index (χ2n) is 8.97. The zero-order valence-corrected chi connectivity index (χ0v) is 14.3. The van der Waals surface area contributed by atoms with Gasteiger partial charge in [0.25, 0.3) is 0 Å². The molecule has 0 unspecified atom stereocenters. The Morgan fingerprint density at radius 1 is 1.30 bits per heavy atom. The first-order chi connectivity index (χ1) is 9.40. The Morgan fingerprint density at radius 2 is 2.05 bits per heavy atom. The minimum atomic E-state index is 0.608. The van der Waals surface area contributed by atoms with Gasteiger partial charge in [0.05, 0.1) is 0 Å². The fraction of sp³-hybridized carbons (Fsp3) is 0.900. The summed E-state index contributed by atoms with van der Waals surface area (Å²) in [5, 5.41) is 0. The Kier molecular flexibility index (Phi) is 3.58. The summed E-state index contributed by atoms with van der Waals surface area (Å²) in [5.74, 6) is 3.74. The molecule has 3 aliphatic rings. The van der Waals surface area contributed by atoms with Crippen LogP contribution in [0, 0.1) is 34.5 Å². The third-order valence-corrected chi connectivity index (χ3v) is 7.59. The molecule has 0 radical (unpaired) electrons. The molecule has 0 amide bonds. The highest BCUT2D eigenvalue weighted by Gasteiger charge is 2.64. The molecule has 0 aromatic carbocycles. The molecule has 20 heavy (non-hydrogen) atoms. The van der Waals surface area contributed by atoms with E-state index in [-0.39, 0.29) is 0 Å². The molecule has 2 saturated carbocycles. The first-order valence-electron chi connectivity index (χ1n) is 9.07. The maximum absolute atomic E-state index is 2.66. The molecule has 114 valence electrons. The molecule has 0 heteroatoms. The van der Waals surface area contributed by atoms with Crippen molar-refractivity contribution in [1.82, 2.24) is 0 Å². The lowest BCUT2D eigenvalue weighted by Crippen LogP contribution is -2.32. The second-order valence-corrected chi connectivity index (χ2v) is 8.97. The van der Waals surface area contributed by atoms with Gasteiger partial charge in [-0.3, -0.25) is 0 Å². The smallest absolute Gasteiger partial charge is 0.0144 e. The van der Waals surface area contributed by atoms with Crippen molar-refractivity contribution in [3.63, 3.8) is 0 Å². The summed E-state index contributed by atoms with van der Waals surface area (Å²) < 4.78 is 0. The Morgan fingerprint density at radius 3 is 2.75 bits per heavy atom. The van der Waals surface area contributed by atoms with Gasteiger partial charge in [0.2, 0.25) is 0 Å². The molecule has 0 heterocycles. The third kappa shape index (κ3) is 1.93. The van der Waals surface area contributed by atoms with Crippen LogP contribution in [0.4, 0.5) is 0 Å². The van der Waals surface area contributed by atoms with Gasteiger partial charge in [-0.2, -0.15) is 0 Å². The Labute approximate surface area is 126 Å². The minimum absolute atomic E-state index is 0.608. The van der Waals surface area contributed by atoms with Crippen molar-refractivity contribution < 1.29 is 0 Å². The fourth-order valence-corrected chi connectivity index (χ4v) is 6.36. The summed E-state index contributed by atoms with van der Waals surface area (Å²) in [5.41, 5.74) is 3.03. The van der Waals surface area contributed by atoms with Crippen molar-refractivity contribution in [2.24, 2.45) is 34.5 Å². The van der Waals surface area contributed by atoms with Gasteiger partial charge in [0.1, 0.15) is 0 Å². The van der Waals surface area contributed by atoms with Gasteiger partial charge in [-0.25, -0.2) is 0 Å². The van der Waals surface area contributed by atoms with E-state index in [1.807, 2.05) is 0 Å². The lowest BCUT2D eigenvalue weighted by molar-refractivity contribution is 0.104. The van der Waals surface area contributed by atoms with E-state index in [9.17, 15) is 0 Å². The normalized spacial score (nSPS) is 46.7. The second kappa shape index (κ2) is 4.89. The Bertz CT molecular complexity index is 404. The zero-order chi connectivity index (χ0) is 14.5. The van der Waals surface area contributed by atoms with Crippen LogP contribution < -0.4 is 0 Å². The first-order valence-corrected chi connectivity index (χ1v) is 9.07. The maximum atomic E-state index is 2.66. The van der Waals surface area contributed by atoms with Gasteiger partial charge in [-0.15, -0.1) is 0 Å². The molecule has 3 rings (SSSR count). The SMILES string of the molecule is CC1=CC[C@@]23C[C@@H]1[C@](C)(CCCC(C)C)[C@@H]2CC[C@@H]3C. The highest BCUT2D eigenvalue weighted by Crippen LogP contribution is 2.72. The predicted molar refractivity (Wildman–Crippen MR) is 87.6 cm³/mol. The van der Waals surface area contributed by atoms with Crippen molar-refractivity contribution in [2.75, 3.05) is 0 Å². The molecule has 0 nitrogen and oxygen atoms in total. The summed E-state index contributed by atoms with van der Waals surface area (Å²) in [6.45, 7) is 12.4. The van der Waals surface area contributed by atoms with Gasteiger partial charge in [0, 0.05) is 0 Å². The van der Waals surface area contributed by atoms with Crippen LogP contribution in [0.25, 0.3) is 0 Å². The van der Waals surface area contributed by atoms with Gasteiger partial charge in [-0.1, -0.05) is 52.2 Å². The van der Waals surface area contributed by atoms with Crippen molar-refractivity contribution >= 4 is 0 Å². The van der Waals surface area contributed by atoms with Crippen LogP contribution in [0.1, 0.15) is 79.6 Å². The van der Waals surface area contributed by atoms with Crippen LogP contribution in [0.3, 0.4) is 0 Å². The molecule has 0 aliphatic heterocycles. The molecule has 1 spiro atoms. The molecule has 2 fully saturated rings. The summed E-state index contributed by atoms with van der Waals surface area (Å²) in [6, 6.07) is 0. The standard InChI is InChI=1S/C20H34/c1-14(2)7-6-11-19(5)17-13-20(12-10-15(17)3)16(4)8-9-18(19)20/h10,14,16-18H,6-9,11-13H2,1-5H3/t16-,17-,18-,19-,20-/m0/s1. The third-order valence-electron chi connectivity index (χ3n) is 7.59. The topological polar surface area (TPSA) is 0 Å². The lowest BCUT2D eigenvalue weighted by Gasteiger charge is -2.39. The van der Waals surface area contributed by atoms with Gasteiger partial charge in [-0.05, 0) is 73.5 Å². The molecule has 3 aliphatic carbocycles. The van der Waals surface area contributed by atoms with Crippen LogP contribution in [-0.4, -0.2) is 0 Å². The quantitative estimate of drug-likeness (QED) is 0.534. The number of hydrogen-bond donors (Lipinski definition) is 0. The van der Waals surface area contributed by atoms with E-state index in [4.69, 9.17) is 0 Å². The largest absolute Gasteiger partial charge is 0.0847 e. The molecular formula is C20H34. The van der Waals surface area contributed by atoms with Crippen LogP contribution in [0.15, 0.2) is 11.6 Å². The molecule has 0 N–H and O–H groups in total. The van der Waals surface area contributed by atoms with E-state index >= 15 is 0 Å². The summed E-state index contributed by atoms with van der Waals surface area (Å²) in [7, 11) is 0. The van der Waals surface area contributed by atoms with Crippen molar-refractivity contribution in [3.8, 4) is 0 Å². The number of allylic oxidation sites excluding steroid dienone is 2. The van der Waals surface area contributed by atoms with Crippen molar-refractivity contribution in [1.29, 1.82) is 0 Å². The van der Waals surface area contributed by atoms with E-state index in [2.05, 4.69) is 40.7 Å². The lowest BCUT2D eigenvalue weighted by atomic mass is 9.66. The van der Waals surface area contributed by atoms with Crippen LogP contribution in [-0.2, 0) is 0 Å². The van der Waals surface area contributed by atoms with Gasteiger partial charge < -0.3 is 0 Å². The monoisotopic (exact) mass is 274 g/mol. The first kappa shape index (κ1) is 14.7. The average Bonchev–Trinajstić information content (AvgIpc) is 2.79.